The molecule has 1 N–H and O–H groups in total. The van der Waals surface area contributed by atoms with Crippen molar-refractivity contribution in [2.45, 2.75) is 26.6 Å². The SMILES string of the molecule is CCNCc1ccccc1N1CCn2cnnc2C1. The lowest BCUT2D eigenvalue weighted by atomic mass is 10.1. The lowest BCUT2D eigenvalue weighted by molar-refractivity contribution is 0.557. The molecule has 0 unspecified atom stereocenters. The molecule has 2 aromatic rings. The predicted octanol–water partition coefficient (Wildman–Crippen LogP) is 1.41. The van der Waals surface area contributed by atoms with Gasteiger partial charge in [-0.15, -0.1) is 10.2 Å². The minimum Gasteiger partial charge on any atom is -0.362 e. The zero-order valence-electron chi connectivity index (χ0n) is 11.2. The fourth-order valence-corrected chi connectivity index (χ4v) is 2.50. The summed E-state index contributed by atoms with van der Waals surface area (Å²) in [6.45, 7) is 6.83. The molecule has 5 heteroatoms. The maximum Gasteiger partial charge on any atom is 0.152 e. The van der Waals surface area contributed by atoms with Crippen LogP contribution in [0.3, 0.4) is 0 Å². The predicted molar refractivity (Wildman–Crippen MR) is 74.9 cm³/mol. The Labute approximate surface area is 113 Å². The standard InChI is InChI=1S/C14H19N5/c1-2-15-9-12-5-3-4-6-13(12)18-7-8-19-11-16-17-14(19)10-18/h3-6,11,15H,2,7-10H2,1H3. The van der Waals surface area contributed by atoms with E-state index in [-0.39, 0.29) is 0 Å². The van der Waals surface area contributed by atoms with E-state index in [1.54, 1.807) is 0 Å². The lowest BCUT2D eigenvalue weighted by Crippen LogP contribution is -2.34. The van der Waals surface area contributed by atoms with Crippen LogP contribution in [0.4, 0.5) is 5.69 Å². The first kappa shape index (κ1) is 12.2. The molecule has 0 spiro atoms. The van der Waals surface area contributed by atoms with E-state index < -0.39 is 0 Å². The molecule has 19 heavy (non-hydrogen) atoms. The van der Waals surface area contributed by atoms with Gasteiger partial charge in [0.25, 0.3) is 0 Å². The quantitative estimate of drug-likeness (QED) is 0.899. The van der Waals surface area contributed by atoms with Gasteiger partial charge < -0.3 is 14.8 Å². The van der Waals surface area contributed by atoms with Crippen LogP contribution in [0.5, 0.6) is 0 Å². The van der Waals surface area contributed by atoms with Crippen molar-refractivity contribution in [1.82, 2.24) is 20.1 Å². The fourth-order valence-electron chi connectivity index (χ4n) is 2.50. The third-order valence-corrected chi connectivity index (χ3v) is 3.54. The Bertz CT molecular complexity index is 548. The van der Waals surface area contributed by atoms with Crippen molar-refractivity contribution < 1.29 is 0 Å². The molecule has 100 valence electrons. The summed E-state index contributed by atoms with van der Waals surface area (Å²) < 4.78 is 2.13. The molecule has 1 aliphatic heterocycles. The Morgan fingerprint density at radius 1 is 1.26 bits per heavy atom. The zero-order valence-corrected chi connectivity index (χ0v) is 11.2. The smallest absolute Gasteiger partial charge is 0.152 e. The van der Waals surface area contributed by atoms with E-state index in [1.165, 1.54) is 11.3 Å². The number of hydrogen-bond donors (Lipinski definition) is 1. The van der Waals surface area contributed by atoms with Crippen molar-refractivity contribution in [1.29, 1.82) is 0 Å². The van der Waals surface area contributed by atoms with Crippen LogP contribution in [0.2, 0.25) is 0 Å². The van der Waals surface area contributed by atoms with Crippen LogP contribution < -0.4 is 10.2 Å². The molecule has 1 aromatic heterocycles. The van der Waals surface area contributed by atoms with E-state index in [0.29, 0.717) is 0 Å². The van der Waals surface area contributed by atoms with Crippen LogP contribution in [-0.2, 0) is 19.6 Å². The molecule has 2 heterocycles. The maximum absolute atomic E-state index is 4.18. The monoisotopic (exact) mass is 257 g/mol. The van der Waals surface area contributed by atoms with Crippen LogP contribution in [-0.4, -0.2) is 27.9 Å². The van der Waals surface area contributed by atoms with Gasteiger partial charge >= 0.3 is 0 Å². The molecule has 0 amide bonds. The third-order valence-electron chi connectivity index (χ3n) is 3.54. The molecule has 0 saturated heterocycles. The molecule has 0 fully saturated rings. The van der Waals surface area contributed by atoms with E-state index >= 15 is 0 Å². The van der Waals surface area contributed by atoms with Crippen LogP contribution in [0.15, 0.2) is 30.6 Å². The van der Waals surface area contributed by atoms with Crippen molar-refractivity contribution in [2.75, 3.05) is 18.0 Å². The second-order valence-corrected chi connectivity index (χ2v) is 4.77. The largest absolute Gasteiger partial charge is 0.362 e. The van der Waals surface area contributed by atoms with Gasteiger partial charge in [0, 0.05) is 25.3 Å². The summed E-state index contributed by atoms with van der Waals surface area (Å²) in [4.78, 5) is 2.39. The zero-order chi connectivity index (χ0) is 13.1. The number of nitrogens with zero attached hydrogens (tertiary/aromatic N) is 4. The molecular formula is C14H19N5. The number of para-hydroxylation sites is 1. The normalized spacial score (nSPS) is 14.5. The topological polar surface area (TPSA) is 46.0 Å². The van der Waals surface area contributed by atoms with Crippen molar-refractivity contribution >= 4 is 5.69 Å². The van der Waals surface area contributed by atoms with Crippen molar-refractivity contribution in [3.63, 3.8) is 0 Å². The highest BCUT2D eigenvalue weighted by Gasteiger charge is 2.19. The summed E-state index contributed by atoms with van der Waals surface area (Å²) in [7, 11) is 0. The van der Waals surface area contributed by atoms with Gasteiger partial charge in [0.05, 0.1) is 6.54 Å². The Morgan fingerprint density at radius 3 is 3.05 bits per heavy atom. The first-order valence-electron chi connectivity index (χ1n) is 6.78. The highest BCUT2D eigenvalue weighted by Crippen LogP contribution is 2.24. The highest BCUT2D eigenvalue weighted by molar-refractivity contribution is 5.54. The average molecular weight is 257 g/mol. The first-order valence-corrected chi connectivity index (χ1v) is 6.78. The van der Waals surface area contributed by atoms with Gasteiger partial charge in [-0.2, -0.15) is 0 Å². The Kier molecular flexibility index (Phi) is 3.46. The second kappa shape index (κ2) is 5.40. The Balaban J connectivity index is 1.83. The molecular weight excluding hydrogens is 238 g/mol. The summed E-state index contributed by atoms with van der Waals surface area (Å²) in [5.41, 5.74) is 2.65. The molecule has 1 aromatic carbocycles. The van der Waals surface area contributed by atoms with E-state index in [9.17, 15) is 0 Å². The number of rotatable bonds is 4. The van der Waals surface area contributed by atoms with Crippen molar-refractivity contribution in [3.8, 4) is 0 Å². The fraction of sp³-hybridized carbons (Fsp3) is 0.429. The number of anilines is 1. The molecule has 0 aliphatic carbocycles. The number of fused-ring (bicyclic) bond motifs is 1. The molecule has 0 bridgehead atoms. The number of benzene rings is 1. The summed E-state index contributed by atoms with van der Waals surface area (Å²) in [5.74, 6) is 1.05. The van der Waals surface area contributed by atoms with Gasteiger partial charge in [-0.05, 0) is 18.2 Å². The summed E-state index contributed by atoms with van der Waals surface area (Å²) in [6, 6.07) is 8.59. The van der Waals surface area contributed by atoms with Gasteiger partial charge in [0.1, 0.15) is 6.33 Å². The van der Waals surface area contributed by atoms with Gasteiger partial charge in [-0.25, -0.2) is 0 Å². The van der Waals surface area contributed by atoms with Crippen LogP contribution in [0.1, 0.15) is 18.3 Å². The van der Waals surface area contributed by atoms with Gasteiger partial charge in [-0.1, -0.05) is 25.1 Å². The minimum absolute atomic E-state index is 0.836. The molecule has 3 rings (SSSR count). The summed E-state index contributed by atoms with van der Waals surface area (Å²) in [5, 5.41) is 11.6. The molecule has 5 nitrogen and oxygen atoms in total. The van der Waals surface area contributed by atoms with E-state index in [0.717, 1.165) is 38.5 Å². The third kappa shape index (κ3) is 2.46. The lowest BCUT2D eigenvalue weighted by Gasteiger charge is -2.30. The summed E-state index contributed by atoms with van der Waals surface area (Å²) in [6.07, 6.45) is 1.82. The molecule has 0 radical (unpaired) electrons. The number of hydrogen-bond acceptors (Lipinski definition) is 4. The first-order chi connectivity index (χ1) is 9.38. The average Bonchev–Trinajstić information content (AvgIpc) is 2.92. The van der Waals surface area contributed by atoms with Gasteiger partial charge in [0.2, 0.25) is 0 Å². The van der Waals surface area contributed by atoms with Crippen LogP contribution in [0, 0.1) is 0 Å². The van der Waals surface area contributed by atoms with E-state index in [4.69, 9.17) is 0 Å². The highest BCUT2D eigenvalue weighted by atomic mass is 15.3. The Hall–Kier alpha value is -1.88. The molecule has 0 atom stereocenters. The molecule has 1 aliphatic rings. The number of nitrogens with one attached hydrogen (secondary N) is 1. The Morgan fingerprint density at radius 2 is 2.16 bits per heavy atom. The van der Waals surface area contributed by atoms with Crippen molar-refractivity contribution in [3.05, 3.63) is 42.0 Å². The number of aromatic nitrogens is 3. The second-order valence-electron chi connectivity index (χ2n) is 4.77. The maximum atomic E-state index is 4.18. The van der Waals surface area contributed by atoms with Crippen LogP contribution in [0.25, 0.3) is 0 Å². The minimum atomic E-state index is 0.836. The van der Waals surface area contributed by atoms with Gasteiger partial charge in [0.15, 0.2) is 5.82 Å². The molecule has 0 saturated carbocycles. The summed E-state index contributed by atoms with van der Waals surface area (Å²) >= 11 is 0. The van der Waals surface area contributed by atoms with Crippen molar-refractivity contribution in [2.24, 2.45) is 0 Å². The van der Waals surface area contributed by atoms with Crippen LogP contribution >= 0.6 is 0 Å². The van der Waals surface area contributed by atoms with Gasteiger partial charge in [-0.3, -0.25) is 0 Å². The van der Waals surface area contributed by atoms with E-state index in [2.05, 4.69) is 56.2 Å². The van der Waals surface area contributed by atoms with E-state index in [1.807, 2.05) is 6.33 Å².